The van der Waals surface area contributed by atoms with Gasteiger partial charge in [-0.25, -0.2) is 0 Å². The van der Waals surface area contributed by atoms with Gasteiger partial charge in [0.15, 0.2) is 0 Å². The van der Waals surface area contributed by atoms with Crippen molar-refractivity contribution >= 4 is 17.2 Å². The molecule has 0 aromatic carbocycles. The Morgan fingerprint density at radius 3 is 3.08 bits per heavy atom. The molecule has 0 radical (unpaired) electrons. The summed E-state index contributed by atoms with van der Waals surface area (Å²) in [4.78, 5) is 11.9. The molecular formula is C8H11NO3S. The normalized spacial score (nSPS) is 9.69. The Labute approximate surface area is 80.2 Å². The maximum Gasteiger partial charge on any atom is 0.261 e. The number of carbonyl (C=O) groups is 1. The SMILES string of the molecule is COc1csc(C(=O)NCCO)c1. The Morgan fingerprint density at radius 2 is 2.54 bits per heavy atom. The predicted octanol–water partition coefficient (Wildman–Crippen LogP) is 0.479. The second-order valence-electron chi connectivity index (χ2n) is 2.33. The summed E-state index contributed by atoms with van der Waals surface area (Å²) < 4.78 is 4.93. The molecule has 1 rings (SSSR count). The van der Waals surface area contributed by atoms with E-state index in [9.17, 15) is 4.79 Å². The third-order valence-corrected chi connectivity index (χ3v) is 2.34. The predicted molar refractivity (Wildman–Crippen MR) is 50.3 cm³/mol. The number of nitrogens with one attached hydrogen (secondary N) is 1. The van der Waals surface area contributed by atoms with E-state index >= 15 is 0 Å². The van der Waals surface area contributed by atoms with Gasteiger partial charge in [0.1, 0.15) is 5.75 Å². The zero-order valence-electron chi connectivity index (χ0n) is 7.24. The Morgan fingerprint density at radius 1 is 1.77 bits per heavy atom. The lowest BCUT2D eigenvalue weighted by Crippen LogP contribution is -2.25. The average Bonchev–Trinajstić information content (AvgIpc) is 2.62. The van der Waals surface area contributed by atoms with Gasteiger partial charge in [0.2, 0.25) is 0 Å². The van der Waals surface area contributed by atoms with E-state index in [0.29, 0.717) is 10.6 Å². The molecule has 1 aromatic rings. The van der Waals surface area contributed by atoms with Crippen LogP contribution < -0.4 is 10.1 Å². The fraction of sp³-hybridized carbons (Fsp3) is 0.375. The number of carbonyl (C=O) groups excluding carboxylic acids is 1. The maximum atomic E-state index is 11.3. The van der Waals surface area contributed by atoms with Crippen molar-refractivity contribution in [2.75, 3.05) is 20.3 Å². The highest BCUT2D eigenvalue weighted by Gasteiger charge is 2.07. The van der Waals surface area contributed by atoms with E-state index in [-0.39, 0.29) is 19.1 Å². The van der Waals surface area contributed by atoms with Gasteiger partial charge in [0.25, 0.3) is 5.91 Å². The third-order valence-electron chi connectivity index (χ3n) is 1.43. The summed E-state index contributed by atoms with van der Waals surface area (Å²) in [6.07, 6.45) is 0. The standard InChI is InChI=1S/C8H11NO3S/c1-12-6-4-7(13-5-6)8(11)9-2-3-10/h4-5,10H,2-3H2,1H3,(H,9,11). The van der Waals surface area contributed by atoms with E-state index < -0.39 is 0 Å². The lowest BCUT2D eigenvalue weighted by atomic mass is 10.4. The van der Waals surface area contributed by atoms with Gasteiger partial charge in [-0.05, 0) is 0 Å². The molecule has 0 aliphatic heterocycles. The number of rotatable bonds is 4. The molecule has 72 valence electrons. The van der Waals surface area contributed by atoms with Gasteiger partial charge >= 0.3 is 0 Å². The van der Waals surface area contributed by atoms with Gasteiger partial charge < -0.3 is 15.2 Å². The molecule has 4 nitrogen and oxygen atoms in total. The van der Waals surface area contributed by atoms with Gasteiger partial charge in [-0.2, -0.15) is 0 Å². The van der Waals surface area contributed by atoms with Gasteiger partial charge in [0, 0.05) is 18.0 Å². The number of ether oxygens (including phenoxy) is 1. The molecule has 0 saturated heterocycles. The minimum atomic E-state index is -0.178. The third kappa shape index (κ3) is 2.71. The van der Waals surface area contributed by atoms with Crippen molar-refractivity contribution < 1.29 is 14.6 Å². The van der Waals surface area contributed by atoms with Crippen LogP contribution in [-0.2, 0) is 0 Å². The minimum Gasteiger partial charge on any atom is -0.496 e. The van der Waals surface area contributed by atoms with Gasteiger partial charge in [0.05, 0.1) is 18.6 Å². The number of thiophene rings is 1. The van der Waals surface area contributed by atoms with Gasteiger partial charge in [-0.15, -0.1) is 11.3 Å². The van der Waals surface area contributed by atoms with Crippen molar-refractivity contribution in [3.63, 3.8) is 0 Å². The van der Waals surface area contributed by atoms with Crippen molar-refractivity contribution in [3.8, 4) is 5.75 Å². The summed E-state index contributed by atoms with van der Waals surface area (Å²) in [5.74, 6) is 0.501. The molecule has 0 bridgehead atoms. The molecule has 0 aliphatic carbocycles. The van der Waals surface area contributed by atoms with Crippen LogP contribution >= 0.6 is 11.3 Å². The van der Waals surface area contributed by atoms with Gasteiger partial charge in [-0.1, -0.05) is 0 Å². The summed E-state index contributed by atoms with van der Waals surface area (Å²) in [6, 6.07) is 1.66. The molecule has 1 heterocycles. The summed E-state index contributed by atoms with van der Waals surface area (Å²) in [5.41, 5.74) is 0. The lowest BCUT2D eigenvalue weighted by Gasteiger charge is -1.98. The molecule has 1 aromatic heterocycles. The molecular weight excluding hydrogens is 190 g/mol. The molecule has 0 spiro atoms. The summed E-state index contributed by atoms with van der Waals surface area (Å²) >= 11 is 1.31. The molecule has 2 N–H and O–H groups in total. The number of hydrogen-bond acceptors (Lipinski definition) is 4. The fourth-order valence-corrected chi connectivity index (χ4v) is 1.57. The molecule has 0 atom stereocenters. The summed E-state index contributed by atoms with van der Waals surface area (Å²) in [7, 11) is 1.55. The summed E-state index contributed by atoms with van der Waals surface area (Å²) in [6.45, 7) is 0.229. The van der Waals surface area contributed by atoms with E-state index in [1.807, 2.05) is 0 Å². The van der Waals surface area contributed by atoms with E-state index in [1.165, 1.54) is 11.3 Å². The van der Waals surface area contributed by atoms with E-state index in [2.05, 4.69) is 5.32 Å². The van der Waals surface area contributed by atoms with Crippen molar-refractivity contribution in [3.05, 3.63) is 16.3 Å². The van der Waals surface area contributed by atoms with Crippen LogP contribution in [0.2, 0.25) is 0 Å². The van der Waals surface area contributed by atoms with Crippen molar-refractivity contribution in [2.45, 2.75) is 0 Å². The maximum absolute atomic E-state index is 11.3. The molecule has 0 fully saturated rings. The second-order valence-corrected chi connectivity index (χ2v) is 3.24. The van der Waals surface area contributed by atoms with Crippen LogP contribution in [0.15, 0.2) is 11.4 Å². The smallest absolute Gasteiger partial charge is 0.261 e. The number of aliphatic hydroxyl groups excluding tert-OH is 1. The first-order valence-electron chi connectivity index (χ1n) is 3.79. The highest BCUT2D eigenvalue weighted by Crippen LogP contribution is 2.20. The molecule has 1 amide bonds. The first-order valence-corrected chi connectivity index (χ1v) is 4.67. The van der Waals surface area contributed by atoms with E-state index in [4.69, 9.17) is 9.84 Å². The number of amides is 1. The number of methoxy groups -OCH3 is 1. The van der Waals surface area contributed by atoms with E-state index in [0.717, 1.165) is 0 Å². The average molecular weight is 201 g/mol. The highest BCUT2D eigenvalue weighted by molar-refractivity contribution is 7.12. The molecule has 5 heteroatoms. The molecule has 0 unspecified atom stereocenters. The van der Waals surface area contributed by atoms with Crippen molar-refractivity contribution in [1.82, 2.24) is 5.32 Å². The Kier molecular flexibility index (Phi) is 3.72. The Balaban J connectivity index is 2.55. The van der Waals surface area contributed by atoms with E-state index in [1.54, 1.807) is 18.6 Å². The lowest BCUT2D eigenvalue weighted by molar-refractivity contribution is 0.0948. The molecule has 13 heavy (non-hydrogen) atoms. The van der Waals surface area contributed by atoms with Gasteiger partial charge in [-0.3, -0.25) is 4.79 Å². The minimum absolute atomic E-state index is 0.0474. The van der Waals surface area contributed by atoms with Crippen molar-refractivity contribution in [2.24, 2.45) is 0 Å². The summed E-state index contributed by atoms with van der Waals surface area (Å²) in [5, 5.41) is 12.8. The van der Waals surface area contributed by atoms with Crippen LogP contribution in [0.3, 0.4) is 0 Å². The Hall–Kier alpha value is -1.07. The highest BCUT2D eigenvalue weighted by atomic mass is 32.1. The van der Waals surface area contributed by atoms with Crippen LogP contribution in [0.1, 0.15) is 9.67 Å². The molecule has 0 aliphatic rings. The second kappa shape index (κ2) is 4.84. The Bertz CT molecular complexity index is 285. The van der Waals surface area contributed by atoms with Crippen LogP contribution in [-0.4, -0.2) is 31.3 Å². The first-order chi connectivity index (χ1) is 6.27. The fourth-order valence-electron chi connectivity index (χ4n) is 0.801. The largest absolute Gasteiger partial charge is 0.496 e. The zero-order chi connectivity index (χ0) is 9.68. The monoisotopic (exact) mass is 201 g/mol. The van der Waals surface area contributed by atoms with Crippen LogP contribution in [0, 0.1) is 0 Å². The number of hydrogen-bond donors (Lipinski definition) is 2. The first kappa shape index (κ1) is 10.0. The van der Waals surface area contributed by atoms with Crippen LogP contribution in [0.5, 0.6) is 5.75 Å². The number of aliphatic hydroxyl groups is 1. The van der Waals surface area contributed by atoms with Crippen LogP contribution in [0.4, 0.5) is 0 Å². The topological polar surface area (TPSA) is 58.6 Å². The van der Waals surface area contributed by atoms with Crippen LogP contribution in [0.25, 0.3) is 0 Å². The zero-order valence-corrected chi connectivity index (χ0v) is 8.06. The molecule has 0 saturated carbocycles. The van der Waals surface area contributed by atoms with Crippen molar-refractivity contribution in [1.29, 1.82) is 0 Å². The quantitative estimate of drug-likeness (QED) is 0.745.